The Morgan fingerprint density at radius 1 is 1.10 bits per heavy atom. The van der Waals surface area contributed by atoms with Gasteiger partial charge in [0.15, 0.2) is 0 Å². The highest BCUT2D eigenvalue weighted by Gasteiger charge is 2.20. The highest BCUT2D eigenvalue weighted by atomic mass is 19.1. The van der Waals surface area contributed by atoms with E-state index in [1.807, 2.05) is 30.3 Å². The van der Waals surface area contributed by atoms with Crippen LogP contribution in [0.25, 0.3) is 0 Å². The van der Waals surface area contributed by atoms with Crippen molar-refractivity contribution in [3.05, 3.63) is 70.8 Å². The van der Waals surface area contributed by atoms with Crippen LogP contribution in [0.15, 0.2) is 42.5 Å². The summed E-state index contributed by atoms with van der Waals surface area (Å²) in [5.74, 6) is 4.42. The predicted octanol–water partition coefficient (Wildman–Crippen LogP) is 3.80. The molecule has 2 aromatic rings. The van der Waals surface area contributed by atoms with Gasteiger partial charge >= 0.3 is 0 Å². The molecule has 0 amide bonds. The largest absolute Gasteiger partial charge is 0.271 e. The molecule has 0 aliphatic rings. The van der Waals surface area contributed by atoms with E-state index in [-0.39, 0.29) is 5.56 Å². The Hall–Kier alpha value is -1.78. The molecule has 0 saturated heterocycles. The van der Waals surface area contributed by atoms with Crippen molar-refractivity contribution >= 4 is 0 Å². The third kappa shape index (κ3) is 3.86. The van der Waals surface area contributed by atoms with Crippen molar-refractivity contribution in [3.63, 3.8) is 0 Å². The molecule has 21 heavy (non-hydrogen) atoms. The summed E-state index contributed by atoms with van der Waals surface area (Å²) in [6.07, 6.45) is 2.22. The molecule has 2 aromatic carbocycles. The average molecular weight is 290 g/mol. The molecule has 0 radical (unpaired) electrons. The van der Waals surface area contributed by atoms with E-state index in [1.54, 1.807) is 6.92 Å². The summed E-state index contributed by atoms with van der Waals surface area (Å²) in [7, 11) is 0. The van der Waals surface area contributed by atoms with Gasteiger partial charge < -0.3 is 0 Å². The van der Waals surface area contributed by atoms with Crippen LogP contribution >= 0.6 is 0 Å². The maximum Gasteiger partial charge on any atom is 0.133 e. The lowest BCUT2D eigenvalue weighted by atomic mass is 9.97. The van der Waals surface area contributed by atoms with Crippen LogP contribution in [0.1, 0.15) is 35.6 Å². The van der Waals surface area contributed by atoms with E-state index < -0.39 is 17.7 Å². The average Bonchev–Trinajstić information content (AvgIpc) is 2.50. The third-order valence-electron chi connectivity index (χ3n) is 3.67. The van der Waals surface area contributed by atoms with Crippen molar-refractivity contribution < 1.29 is 8.78 Å². The molecule has 0 aliphatic carbocycles. The van der Waals surface area contributed by atoms with E-state index >= 15 is 0 Å². The molecule has 2 rings (SSSR count). The molecule has 0 spiro atoms. The number of benzene rings is 2. The van der Waals surface area contributed by atoms with Crippen LogP contribution in [0.4, 0.5) is 8.78 Å². The minimum absolute atomic E-state index is 0.0329. The molecule has 0 aliphatic heterocycles. The Morgan fingerprint density at radius 2 is 1.81 bits per heavy atom. The summed E-state index contributed by atoms with van der Waals surface area (Å²) in [6.45, 7) is 1.62. The van der Waals surface area contributed by atoms with Gasteiger partial charge in [-0.2, -0.15) is 0 Å². The number of nitrogens with two attached hydrogens (primary N) is 1. The number of hydrogen-bond acceptors (Lipinski definition) is 2. The summed E-state index contributed by atoms with van der Waals surface area (Å²) in [4.78, 5) is 0. The molecular weight excluding hydrogens is 270 g/mol. The lowest BCUT2D eigenvalue weighted by Gasteiger charge is -2.18. The molecule has 0 bridgehead atoms. The molecular formula is C17H20F2N2. The molecule has 1 atom stereocenters. The summed E-state index contributed by atoms with van der Waals surface area (Å²) in [6, 6.07) is 12.2. The summed E-state index contributed by atoms with van der Waals surface area (Å²) >= 11 is 0. The summed E-state index contributed by atoms with van der Waals surface area (Å²) in [5, 5.41) is 0. The Morgan fingerprint density at radius 3 is 2.48 bits per heavy atom. The van der Waals surface area contributed by atoms with Crippen LogP contribution in [-0.4, -0.2) is 0 Å². The second kappa shape index (κ2) is 7.29. The molecule has 0 saturated carbocycles. The fourth-order valence-corrected chi connectivity index (χ4v) is 2.46. The van der Waals surface area contributed by atoms with Crippen molar-refractivity contribution in [1.29, 1.82) is 0 Å². The van der Waals surface area contributed by atoms with Crippen molar-refractivity contribution in [2.24, 2.45) is 5.84 Å². The minimum Gasteiger partial charge on any atom is -0.271 e. The van der Waals surface area contributed by atoms with Crippen molar-refractivity contribution in [2.75, 3.05) is 0 Å². The van der Waals surface area contributed by atoms with Crippen molar-refractivity contribution in [3.8, 4) is 0 Å². The first-order valence-electron chi connectivity index (χ1n) is 7.08. The number of hydrazine groups is 1. The molecule has 4 heteroatoms. The van der Waals surface area contributed by atoms with Crippen LogP contribution in [0.3, 0.4) is 0 Å². The first kappa shape index (κ1) is 15.6. The van der Waals surface area contributed by atoms with Crippen molar-refractivity contribution in [1.82, 2.24) is 5.43 Å². The number of nitrogens with one attached hydrogen (secondary N) is 1. The number of aryl methyl sites for hydroxylation is 2. The second-order valence-electron chi connectivity index (χ2n) is 5.19. The quantitative estimate of drug-likeness (QED) is 0.627. The van der Waals surface area contributed by atoms with Gasteiger partial charge in [0.1, 0.15) is 11.6 Å². The Bertz CT molecular complexity index is 585. The van der Waals surface area contributed by atoms with Gasteiger partial charge in [-0.3, -0.25) is 11.3 Å². The lowest BCUT2D eigenvalue weighted by molar-refractivity contribution is 0.443. The van der Waals surface area contributed by atoms with Gasteiger partial charge in [-0.1, -0.05) is 36.4 Å². The SMILES string of the molecule is Cc1ccc(F)c(C(CCCc2ccccc2)NN)c1F. The van der Waals surface area contributed by atoms with Gasteiger partial charge in [-0.15, -0.1) is 0 Å². The maximum absolute atomic E-state index is 14.1. The molecule has 0 aromatic heterocycles. The highest BCUT2D eigenvalue weighted by Crippen LogP contribution is 2.26. The maximum atomic E-state index is 14.1. The minimum atomic E-state index is -0.555. The van der Waals surface area contributed by atoms with Crippen molar-refractivity contribution in [2.45, 2.75) is 32.2 Å². The predicted molar refractivity (Wildman–Crippen MR) is 80.5 cm³/mol. The molecule has 1 unspecified atom stereocenters. The monoisotopic (exact) mass is 290 g/mol. The number of hydrogen-bond donors (Lipinski definition) is 2. The summed E-state index contributed by atoms with van der Waals surface area (Å²) in [5.41, 5.74) is 4.20. The van der Waals surface area contributed by atoms with E-state index in [1.165, 1.54) is 17.7 Å². The van der Waals surface area contributed by atoms with E-state index in [2.05, 4.69) is 5.43 Å². The topological polar surface area (TPSA) is 38.0 Å². The first-order valence-corrected chi connectivity index (χ1v) is 7.08. The smallest absolute Gasteiger partial charge is 0.133 e. The van der Waals surface area contributed by atoms with E-state index in [0.717, 1.165) is 12.8 Å². The van der Waals surface area contributed by atoms with Gasteiger partial charge in [0.2, 0.25) is 0 Å². The molecule has 2 nitrogen and oxygen atoms in total. The van der Waals surface area contributed by atoms with Gasteiger partial charge in [-0.05, 0) is 43.4 Å². The normalized spacial score (nSPS) is 12.4. The standard InChI is InChI=1S/C17H20F2N2/c1-12-10-11-14(18)16(17(12)19)15(21-20)9-5-8-13-6-3-2-4-7-13/h2-4,6-7,10-11,15,21H,5,8-9,20H2,1H3. The highest BCUT2D eigenvalue weighted by molar-refractivity contribution is 5.29. The number of rotatable bonds is 6. The van der Waals surface area contributed by atoms with Crippen LogP contribution in [-0.2, 0) is 6.42 Å². The fourth-order valence-electron chi connectivity index (χ4n) is 2.46. The third-order valence-corrected chi connectivity index (χ3v) is 3.67. The molecule has 0 heterocycles. The first-order chi connectivity index (χ1) is 10.1. The van der Waals surface area contributed by atoms with Gasteiger partial charge in [-0.25, -0.2) is 8.78 Å². The van der Waals surface area contributed by atoms with Gasteiger partial charge in [0.25, 0.3) is 0 Å². The molecule has 3 N–H and O–H groups in total. The Kier molecular flexibility index (Phi) is 5.42. The zero-order valence-electron chi connectivity index (χ0n) is 12.1. The zero-order valence-corrected chi connectivity index (χ0v) is 12.1. The fraction of sp³-hybridized carbons (Fsp3) is 0.294. The summed E-state index contributed by atoms with van der Waals surface area (Å²) < 4.78 is 28.0. The zero-order chi connectivity index (χ0) is 15.2. The lowest BCUT2D eigenvalue weighted by Crippen LogP contribution is -2.29. The van der Waals surface area contributed by atoms with Crippen LogP contribution in [0, 0.1) is 18.6 Å². The van der Waals surface area contributed by atoms with Gasteiger partial charge in [0.05, 0.1) is 6.04 Å². The van der Waals surface area contributed by atoms with Crippen LogP contribution < -0.4 is 11.3 Å². The van der Waals surface area contributed by atoms with E-state index in [0.29, 0.717) is 12.0 Å². The van der Waals surface area contributed by atoms with Crippen LogP contribution in [0.2, 0.25) is 0 Å². The second-order valence-corrected chi connectivity index (χ2v) is 5.19. The van der Waals surface area contributed by atoms with Gasteiger partial charge in [0, 0.05) is 5.56 Å². The Labute approximate surface area is 124 Å². The molecule has 112 valence electrons. The van der Waals surface area contributed by atoms with E-state index in [9.17, 15) is 8.78 Å². The number of halogens is 2. The molecule has 0 fully saturated rings. The van der Waals surface area contributed by atoms with E-state index in [4.69, 9.17) is 5.84 Å². The Balaban J connectivity index is 2.05. The van der Waals surface area contributed by atoms with Crippen LogP contribution in [0.5, 0.6) is 0 Å².